The van der Waals surface area contributed by atoms with Gasteiger partial charge in [-0.1, -0.05) is 60.9 Å². The lowest BCUT2D eigenvalue weighted by Gasteiger charge is -2.32. The molecule has 8 nitrogen and oxygen atoms in total. The third kappa shape index (κ3) is 15.8. The summed E-state index contributed by atoms with van der Waals surface area (Å²) >= 11 is 0. The highest BCUT2D eigenvalue weighted by molar-refractivity contribution is 7.47. The largest absolute Gasteiger partial charge is 0.472 e. The second kappa shape index (κ2) is 18.2. The minimum Gasteiger partial charge on any atom is -0.461 e. The van der Waals surface area contributed by atoms with E-state index < -0.39 is 7.82 Å². The summed E-state index contributed by atoms with van der Waals surface area (Å²) in [5, 5.41) is 2.55. The number of ether oxygens (including phenoxy) is 1. The number of nitrogens with one attached hydrogen (secondary N) is 1. The molecule has 9 heteroatoms. The lowest BCUT2D eigenvalue weighted by molar-refractivity contribution is -0.142. The number of carbonyl (C=O) groups is 2. The molecule has 0 spiro atoms. The quantitative estimate of drug-likeness (QED) is 0.0897. The second-order valence-corrected chi connectivity index (χ2v) is 11.7. The Kier molecular flexibility index (Phi) is 16.2. The molecule has 2 N–H and O–H groups in total. The first kappa shape index (κ1) is 34.8. The van der Waals surface area contributed by atoms with Crippen molar-refractivity contribution in [3.05, 3.63) is 72.1 Å². The van der Waals surface area contributed by atoms with Gasteiger partial charge in [-0.25, -0.2) is 4.57 Å². The molecule has 0 aromatic heterocycles. The maximum Gasteiger partial charge on any atom is 0.472 e. The van der Waals surface area contributed by atoms with Gasteiger partial charge in [0.05, 0.1) is 13.2 Å². The first-order valence-corrected chi connectivity index (χ1v) is 14.9. The van der Waals surface area contributed by atoms with Gasteiger partial charge in [0.1, 0.15) is 6.61 Å². The molecule has 1 aliphatic carbocycles. The zero-order valence-electron chi connectivity index (χ0n) is 24.2. The molecule has 1 amide bonds. The Hall–Kier alpha value is -2.25. The van der Waals surface area contributed by atoms with E-state index in [0.29, 0.717) is 6.42 Å². The van der Waals surface area contributed by atoms with Gasteiger partial charge in [0.2, 0.25) is 5.91 Å². The summed E-state index contributed by atoms with van der Waals surface area (Å²) in [5.41, 5.74) is 5.29. The van der Waals surface area contributed by atoms with Crippen LogP contribution < -0.4 is 5.32 Å². The summed E-state index contributed by atoms with van der Waals surface area (Å²) in [7, 11) is -4.15. The Labute approximate surface area is 234 Å². The van der Waals surface area contributed by atoms with E-state index in [1.807, 2.05) is 25.2 Å². The van der Waals surface area contributed by atoms with Crippen LogP contribution in [0.25, 0.3) is 0 Å². The number of hydrogen-bond acceptors (Lipinski definition) is 6. The van der Waals surface area contributed by atoms with Gasteiger partial charge in [0.25, 0.3) is 0 Å². The third-order valence-electron chi connectivity index (χ3n) is 6.24. The summed E-state index contributed by atoms with van der Waals surface area (Å²) in [6.07, 6.45) is 17.8. The first-order valence-electron chi connectivity index (χ1n) is 13.4. The zero-order valence-corrected chi connectivity index (χ0v) is 25.1. The van der Waals surface area contributed by atoms with Crippen LogP contribution in [0.1, 0.15) is 73.1 Å². The second-order valence-electron chi connectivity index (χ2n) is 10.3. The first-order chi connectivity index (χ1) is 18.4. The summed E-state index contributed by atoms with van der Waals surface area (Å²) in [4.78, 5) is 33.1. The Morgan fingerprint density at radius 3 is 2.56 bits per heavy atom. The van der Waals surface area contributed by atoms with Crippen LogP contribution in [0.3, 0.4) is 0 Å². The highest BCUT2D eigenvalue weighted by Crippen LogP contribution is 2.43. The van der Waals surface area contributed by atoms with Crippen molar-refractivity contribution >= 4 is 19.7 Å². The average molecular weight is 564 g/mol. The number of amides is 1. The van der Waals surface area contributed by atoms with E-state index in [2.05, 4.69) is 62.7 Å². The Morgan fingerprint density at radius 1 is 1.13 bits per heavy atom. The fraction of sp³-hybridized carbons (Fsp3) is 0.533. The molecule has 0 aromatic rings. The predicted molar refractivity (Wildman–Crippen MR) is 155 cm³/mol. The van der Waals surface area contributed by atoms with E-state index >= 15 is 0 Å². The highest BCUT2D eigenvalue weighted by atomic mass is 31.2. The van der Waals surface area contributed by atoms with Crippen LogP contribution >= 0.6 is 7.82 Å². The molecule has 0 aromatic carbocycles. The van der Waals surface area contributed by atoms with Crippen LogP contribution in [-0.4, -0.2) is 43.1 Å². The van der Waals surface area contributed by atoms with Crippen LogP contribution in [-0.2, 0) is 27.9 Å². The van der Waals surface area contributed by atoms with Gasteiger partial charge in [-0.3, -0.25) is 18.6 Å². The van der Waals surface area contributed by atoms with Crippen LogP contribution in [0.15, 0.2) is 58.7 Å². The summed E-state index contributed by atoms with van der Waals surface area (Å²) in [6.45, 7) is 14.2. The third-order valence-corrected chi connectivity index (χ3v) is 7.23. The van der Waals surface area contributed by atoms with Gasteiger partial charge in [-0.15, -0.1) is 0 Å². The van der Waals surface area contributed by atoms with E-state index in [1.165, 1.54) is 36.8 Å². The standard InChI is InChI=1S/C30H46NO7P/c1-7-21-37-39(34,35)38-23-20-31-28(32)14-9-15-29(33)36-22-18-25(3)12-8-11-24(2)16-17-27-26(4)13-10-19-30(27,5)6/h7-8,11-12,16-18H,1,9-10,13-15,19-23H2,2-6H3,(H,31,32)(H,34,35)/b12-8+,17-16+,24-11+,25-18+. The molecule has 1 aliphatic rings. The fourth-order valence-corrected chi connectivity index (χ4v) is 4.75. The molecule has 1 unspecified atom stereocenters. The molecule has 0 aliphatic heterocycles. The molecule has 1 rings (SSSR count). The van der Waals surface area contributed by atoms with E-state index in [-0.39, 0.29) is 56.5 Å². The maximum absolute atomic E-state index is 11.9. The van der Waals surface area contributed by atoms with E-state index in [9.17, 15) is 19.0 Å². The number of phosphoric ester groups is 1. The lowest BCUT2D eigenvalue weighted by Crippen LogP contribution is -2.27. The highest BCUT2D eigenvalue weighted by Gasteiger charge is 2.26. The zero-order chi connectivity index (χ0) is 29.3. The lowest BCUT2D eigenvalue weighted by atomic mass is 9.72. The molecular formula is C30H46NO7P. The van der Waals surface area contributed by atoms with Crippen molar-refractivity contribution in [1.29, 1.82) is 0 Å². The number of hydrogen-bond donors (Lipinski definition) is 2. The minimum absolute atomic E-state index is 0.0454. The van der Waals surface area contributed by atoms with Gasteiger partial charge in [-0.05, 0) is 76.9 Å². The number of phosphoric acid groups is 1. The van der Waals surface area contributed by atoms with Crippen LogP contribution in [0.4, 0.5) is 0 Å². The normalized spacial score (nSPS) is 18.0. The van der Waals surface area contributed by atoms with E-state index in [0.717, 1.165) is 11.1 Å². The van der Waals surface area contributed by atoms with Gasteiger partial charge >= 0.3 is 13.8 Å². The number of rotatable bonds is 17. The number of carbonyl (C=O) groups excluding carboxylic acids is 2. The molecule has 0 fully saturated rings. The molecular weight excluding hydrogens is 517 g/mol. The molecule has 0 bridgehead atoms. The van der Waals surface area contributed by atoms with Gasteiger partial charge in [0.15, 0.2) is 0 Å². The summed E-state index contributed by atoms with van der Waals surface area (Å²) < 4.78 is 26.0. The van der Waals surface area contributed by atoms with Crippen LogP contribution in [0, 0.1) is 18.8 Å². The minimum atomic E-state index is -4.15. The monoisotopic (exact) mass is 563 g/mol. The van der Waals surface area contributed by atoms with Gasteiger partial charge in [-0.2, -0.15) is 0 Å². The molecule has 1 atom stereocenters. The van der Waals surface area contributed by atoms with Crippen molar-refractivity contribution < 1.29 is 32.8 Å². The molecule has 39 heavy (non-hydrogen) atoms. The molecule has 0 saturated heterocycles. The Morgan fingerprint density at radius 2 is 1.87 bits per heavy atom. The van der Waals surface area contributed by atoms with Gasteiger partial charge in [0, 0.05) is 19.4 Å². The number of allylic oxidation sites excluding steroid dienone is 9. The van der Waals surface area contributed by atoms with Crippen molar-refractivity contribution in [1.82, 2.24) is 5.32 Å². The SMILES string of the molecule is [CH2][CH]COP(=O)(O)OCCNC(=O)CCCC(=O)OC/C=C(C)/C=C/C=C(C)/C=C/C1=C(C)CCCC1(C)C. The molecule has 218 valence electrons. The summed E-state index contributed by atoms with van der Waals surface area (Å²) in [5.74, 6) is -0.671. The maximum atomic E-state index is 11.9. The van der Waals surface area contributed by atoms with Crippen molar-refractivity contribution in [3.8, 4) is 0 Å². The van der Waals surface area contributed by atoms with Crippen LogP contribution in [0.2, 0.25) is 0 Å². The van der Waals surface area contributed by atoms with Crippen molar-refractivity contribution in [3.63, 3.8) is 0 Å². The van der Waals surface area contributed by atoms with Crippen molar-refractivity contribution in [2.24, 2.45) is 5.41 Å². The molecule has 0 heterocycles. The fourth-order valence-electron chi connectivity index (χ4n) is 4.06. The number of esters is 1. The van der Waals surface area contributed by atoms with E-state index in [4.69, 9.17) is 9.26 Å². The van der Waals surface area contributed by atoms with Gasteiger partial charge < -0.3 is 14.9 Å². The molecule has 0 saturated carbocycles. The van der Waals surface area contributed by atoms with Crippen molar-refractivity contribution in [2.45, 2.75) is 73.1 Å². The topological polar surface area (TPSA) is 111 Å². The molecule has 2 radical (unpaired) electrons. The summed E-state index contributed by atoms with van der Waals surface area (Å²) in [6, 6.07) is 0. The Bertz CT molecular complexity index is 1000. The predicted octanol–water partition coefficient (Wildman–Crippen LogP) is 6.52. The van der Waals surface area contributed by atoms with E-state index in [1.54, 1.807) is 0 Å². The Balaban J connectivity index is 2.28. The van der Waals surface area contributed by atoms with Crippen LogP contribution in [0.5, 0.6) is 0 Å². The smallest absolute Gasteiger partial charge is 0.461 e. The average Bonchev–Trinajstić information content (AvgIpc) is 2.85. The van der Waals surface area contributed by atoms with Crippen molar-refractivity contribution in [2.75, 3.05) is 26.4 Å².